The van der Waals surface area contributed by atoms with Gasteiger partial charge in [0.2, 0.25) is 0 Å². The summed E-state index contributed by atoms with van der Waals surface area (Å²) in [6.45, 7) is 5.46. The Bertz CT molecular complexity index is 199. The molecule has 0 radical (unpaired) electrons. The van der Waals surface area contributed by atoms with E-state index in [0.717, 1.165) is 0 Å². The fourth-order valence-corrected chi connectivity index (χ4v) is 0.678. The smallest absolute Gasteiger partial charge is 0.347 e. The molecule has 0 rings (SSSR count). The second-order valence-corrected chi connectivity index (χ2v) is 2.49. The first-order valence-corrected chi connectivity index (χ1v) is 3.87. The minimum atomic E-state index is -0.468. The van der Waals surface area contributed by atoms with Crippen LogP contribution in [0, 0.1) is 0 Å². The largest absolute Gasteiger partial charge is 0.462 e. The van der Waals surface area contributed by atoms with E-state index in [1.165, 1.54) is 6.08 Å². The first kappa shape index (κ1) is 10.2. The van der Waals surface area contributed by atoms with E-state index in [1.807, 2.05) is 0 Å². The van der Waals surface area contributed by atoms with Crippen LogP contribution < -0.4 is 5.73 Å². The van der Waals surface area contributed by atoms with Crippen LogP contribution in [0.25, 0.3) is 0 Å². The lowest BCUT2D eigenvalue weighted by atomic mass is 10.4. The van der Waals surface area contributed by atoms with Gasteiger partial charge >= 0.3 is 5.97 Å². The second-order valence-electron chi connectivity index (χ2n) is 1.69. The third-order valence-electron chi connectivity index (χ3n) is 0.928. The molecule has 0 saturated heterocycles. The third-order valence-corrected chi connectivity index (χ3v) is 1.71. The quantitative estimate of drug-likeness (QED) is 0.443. The monoisotopic (exact) mass is 219 g/mol. The van der Waals surface area contributed by atoms with E-state index in [2.05, 4.69) is 27.2 Å². The summed E-state index contributed by atoms with van der Waals surface area (Å²) < 4.78 is 4.87. The molecule has 0 aliphatic rings. The molecule has 0 aliphatic carbocycles. The van der Waals surface area contributed by atoms with Gasteiger partial charge in [-0.1, -0.05) is 6.58 Å². The summed E-state index contributed by atoms with van der Waals surface area (Å²) in [6.07, 6.45) is 1.38. The van der Waals surface area contributed by atoms with Crippen molar-refractivity contribution in [3.63, 3.8) is 0 Å². The van der Waals surface area contributed by atoms with Crippen LogP contribution in [0.2, 0.25) is 0 Å². The molecule has 0 aromatic rings. The average molecular weight is 220 g/mol. The lowest BCUT2D eigenvalue weighted by Gasteiger charge is -2.00. The maximum absolute atomic E-state index is 10.9. The van der Waals surface area contributed by atoms with E-state index in [9.17, 15) is 4.79 Å². The highest BCUT2D eigenvalue weighted by atomic mass is 79.9. The number of nitrogens with two attached hydrogens (primary N) is 1. The summed E-state index contributed by atoms with van der Waals surface area (Å²) in [5.74, 6) is -0.468. The van der Waals surface area contributed by atoms with Gasteiger partial charge < -0.3 is 10.5 Å². The molecular weight excluding hydrogens is 210 g/mol. The number of carbonyl (C=O) groups is 1. The standard InChI is InChI=1S/C7H10BrNO2/c1-3-5(9)6(8)7(10)11-4-2/h3H,1,4,9H2,2H3. The first-order valence-electron chi connectivity index (χ1n) is 3.08. The van der Waals surface area contributed by atoms with Crippen molar-refractivity contribution >= 4 is 21.9 Å². The molecule has 0 amide bonds. The van der Waals surface area contributed by atoms with Gasteiger partial charge in [-0.25, -0.2) is 4.79 Å². The molecule has 0 fully saturated rings. The number of hydrogen-bond acceptors (Lipinski definition) is 3. The Morgan fingerprint density at radius 3 is 2.73 bits per heavy atom. The van der Waals surface area contributed by atoms with Crippen LogP contribution in [0.1, 0.15) is 6.92 Å². The van der Waals surface area contributed by atoms with Crippen LogP contribution in [0.5, 0.6) is 0 Å². The summed E-state index contributed by atoms with van der Waals surface area (Å²) in [5.41, 5.74) is 5.64. The number of rotatable bonds is 3. The molecule has 0 aliphatic heterocycles. The Morgan fingerprint density at radius 1 is 1.82 bits per heavy atom. The Hall–Kier alpha value is -0.770. The molecule has 0 aromatic carbocycles. The van der Waals surface area contributed by atoms with E-state index >= 15 is 0 Å². The summed E-state index contributed by atoms with van der Waals surface area (Å²) in [6, 6.07) is 0. The van der Waals surface area contributed by atoms with E-state index in [4.69, 9.17) is 5.73 Å². The molecule has 62 valence electrons. The van der Waals surface area contributed by atoms with Gasteiger partial charge in [0, 0.05) is 0 Å². The second kappa shape index (κ2) is 4.96. The van der Waals surface area contributed by atoms with Crippen LogP contribution in [0.3, 0.4) is 0 Å². The van der Waals surface area contributed by atoms with Crippen LogP contribution in [0.15, 0.2) is 22.8 Å². The molecule has 2 N–H and O–H groups in total. The fourth-order valence-electron chi connectivity index (χ4n) is 0.402. The highest BCUT2D eigenvalue weighted by Gasteiger charge is 2.08. The highest BCUT2D eigenvalue weighted by molar-refractivity contribution is 9.12. The molecule has 0 spiro atoms. The van der Waals surface area contributed by atoms with E-state index < -0.39 is 5.97 Å². The van der Waals surface area contributed by atoms with Gasteiger partial charge in [-0.15, -0.1) is 0 Å². The topological polar surface area (TPSA) is 52.3 Å². The molecular formula is C7H10BrNO2. The van der Waals surface area contributed by atoms with Crippen LogP contribution in [-0.2, 0) is 9.53 Å². The van der Waals surface area contributed by atoms with E-state index in [1.54, 1.807) is 6.92 Å². The van der Waals surface area contributed by atoms with Crippen LogP contribution >= 0.6 is 15.9 Å². The Kier molecular flexibility index (Phi) is 4.61. The summed E-state index contributed by atoms with van der Waals surface area (Å²) >= 11 is 2.98. The SMILES string of the molecule is C=CC(N)=C(Br)C(=O)OCC. The third kappa shape index (κ3) is 3.23. The number of hydrogen-bond donors (Lipinski definition) is 1. The van der Waals surface area contributed by atoms with Crippen molar-refractivity contribution in [2.24, 2.45) is 5.73 Å². The zero-order valence-corrected chi connectivity index (χ0v) is 7.85. The van der Waals surface area contributed by atoms with Crippen molar-refractivity contribution in [2.45, 2.75) is 6.92 Å². The van der Waals surface area contributed by atoms with E-state index in [0.29, 0.717) is 6.61 Å². The van der Waals surface area contributed by atoms with Crippen LogP contribution in [-0.4, -0.2) is 12.6 Å². The van der Waals surface area contributed by atoms with Gasteiger partial charge in [0.1, 0.15) is 4.48 Å². The minimum absolute atomic E-state index is 0.217. The molecule has 0 heterocycles. The van der Waals surface area contributed by atoms with Crippen molar-refractivity contribution in [1.82, 2.24) is 0 Å². The summed E-state index contributed by atoms with van der Waals surface area (Å²) in [4.78, 5) is 10.9. The zero-order valence-electron chi connectivity index (χ0n) is 6.26. The molecule has 0 unspecified atom stereocenters. The zero-order chi connectivity index (χ0) is 8.85. The molecule has 4 heteroatoms. The van der Waals surface area contributed by atoms with Crippen molar-refractivity contribution in [2.75, 3.05) is 6.61 Å². The Labute approximate surface area is 74.0 Å². The average Bonchev–Trinajstić information content (AvgIpc) is 2.02. The predicted molar refractivity (Wildman–Crippen MR) is 47.0 cm³/mol. The molecule has 3 nitrogen and oxygen atoms in total. The highest BCUT2D eigenvalue weighted by Crippen LogP contribution is 2.10. The maximum Gasteiger partial charge on any atom is 0.347 e. The van der Waals surface area contributed by atoms with Gasteiger partial charge in [-0.3, -0.25) is 0 Å². The maximum atomic E-state index is 10.9. The Morgan fingerprint density at radius 2 is 2.36 bits per heavy atom. The molecule has 0 atom stereocenters. The molecule has 0 bridgehead atoms. The first-order chi connectivity index (χ1) is 5.13. The normalized spacial score (nSPS) is 11.8. The number of carbonyl (C=O) groups excluding carboxylic acids is 1. The predicted octanol–water partition coefficient (Wildman–Crippen LogP) is 1.30. The van der Waals surface area contributed by atoms with Gasteiger partial charge in [-0.2, -0.15) is 0 Å². The summed E-state index contributed by atoms with van der Waals surface area (Å²) in [7, 11) is 0. The fraction of sp³-hybridized carbons (Fsp3) is 0.286. The molecule has 0 saturated carbocycles. The minimum Gasteiger partial charge on any atom is -0.462 e. The van der Waals surface area contributed by atoms with Gasteiger partial charge in [0.25, 0.3) is 0 Å². The van der Waals surface area contributed by atoms with E-state index in [-0.39, 0.29) is 10.2 Å². The van der Waals surface area contributed by atoms with Gasteiger partial charge in [0.15, 0.2) is 0 Å². The summed E-state index contributed by atoms with van der Waals surface area (Å²) in [5, 5.41) is 0. The molecule has 0 aromatic heterocycles. The van der Waals surface area contributed by atoms with Gasteiger partial charge in [0.05, 0.1) is 12.3 Å². The van der Waals surface area contributed by atoms with Gasteiger partial charge in [-0.05, 0) is 28.9 Å². The lowest BCUT2D eigenvalue weighted by Crippen LogP contribution is -2.08. The number of allylic oxidation sites excluding steroid dienone is 1. The number of ether oxygens (including phenoxy) is 1. The lowest BCUT2D eigenvalue weighted by molar-refractivity contribution is -0.137. The Balaban J connectivity index is 4.33. The number of halogens is 1. The van der Waals surface area contributed by atoms with Crippen molar-refractivity contribution in [3.05, 3.63) is 22.8 Å². The van der Waals surface area contributed by atoms with Crippen molar-refractivity contribution in [3.8, 4) is 0 Å². The van der Waals surface area contributed by atoms with Crippen molar-refractivity contribution < 1.29 is 9.53 Å². The molecule has 11 heavy (non-hydrogen) atoms. The van der Waals surface area contributed by atoms with Crippen molar-refractivity contribution in [1.29, 1.82) is 0 Å². The van der Waals surface area contributed by atoms with Crippen LogP contribution in [0.4, 0.5) is 0 Å². The number of esters is 1.